The number of hydrogen-bond donors (Lipinski definition) is 1. The van der Waals surface area contributed by atoms with Gasteiger partial charge in [-0.2, -0.15) is 0 Å². The van der Waals surface area contributed by atoms with Gasteiger partial charge in [-0.3, -0.25) is 9.59 Å². The fourth-order valence-electron chi connectivity index (χ4n) is 3.20. The van der Waals surface area contributed by atoms with Gasteiger partial charge in [0.25, 0.3) is 5.91 Å². The van der Waals surface area contributed by atoms with Crippen molar-refractivity contribution in [2.75, 3.05) is 27.4 Å². The summed E-state index contributed by atoms with van der Waals surface area (Å²) in [5, 5.41) is 0.517. The van der Waals surface area contributed by atoms with Gasteiger partial charge in [0, 0.05) is 35.5 Å². The molecule has 0 radical (unpaired) electrons. The molecule has 1 aromatic heterocycles. The number of aromatic amines is 1. The molecule has 1 amide bonds. The Bertz CT molecular complexity index is 905. The fraction of sp³-hybridized carbons (Fsp3) is 0.381. The average molecular weight is 421 g/mol. The molecule has 0 spiro atoms. The zero-order valence-electron chi connectivity index (χ0n) is 17.2. The van der Waals surface area contributed by atoms with E-state index in [-0.39, 0.29) is 30.5 Å². The van der Waals surface area contributed by atoms with Gasteiger partial charge in [0.1, 0.15) is 5.69 Å². The number of benzene rings is 1. The molecule has 29 heavy (non-hydrogen) atoms. The Labute approximate surface area is 174 Å². The molecule has 0 unspecified atom stereocenters. The van der Waals surface area contributed by atoms with E-state index >= 15 is 0 Å². The van der Waals surface area contributed by atoms with Gasteiger partial charge in [0.2, 0.25) is 0 Å². The minimum absolute atomic E-state index is 0.230. The molecule has 156 valence electrons. The van der Waals surface area contributed by atoms with Crippen molar-refractivity contribution in [1.82, 2.24) is 9.88 Å². The summed E-state index contributed by atoms with van der Waals surface area (Å²) >= 11 is 5.91. The van der Waals surface area contributed by atoms with Crippen LogP contribution in [0.5, 0.6) is 0 Å². The highest BCUT2D eigenvalue weighted by molar-refractivity contribution is 6.30. The van der Waals surface area contributed by atoms with Gasteiger partial charge < -0.3 is 19.4 Å². The molecule has 0 saturated heterocycles. The molecule has 2 aromatic rings. The molecule has 0 bridgehead atoms. The number of H-pyrrole nitrogens is 1. The lowest BCUT2D eigenvalue weighted by atomic mass is 9.99. The number of methoxy groups -OCH3 is 2. The highest BCUT2D eigenvalue weighted by atomic mass is 35.5. The largest absolute Gasteiger partial charge is 0.464 e. The fourth-order valence-corrected chi connectivity index (χ4v) is 3.32. The second-order valence-electron chi connectivity index (χ2n) is 6.66. The van der Waals surface area contributed by atoms with Crippen molar-refractivity contribution >= 4 is 29.3 Å². The lowest BCUT2D eigenvalue weighted by Crippen LogP contribution is -2.45. The minimum Gasteiger partial charge on any atom is -0.464 e. The highest BCUT2D eigenvalue weighted by Crippen LogP contribution is 2.23. The Balaban J connectivity index is 2.38. The predicted octanol–water partition coefficient (Wildman–Crippen LogP) is 3.43. The molecule has 0 saturated carbocycles. The number of carbonyl (C=O) groups is 3. The normalized spacial score (nSPS) is 11.8. The maximum atomic E-state index is 13.3. The van der Waals surface area contributed by atoms with Crippen molar-refractivity contribution in [1.29, 1.82) is 0 Å². The standard InChI is InChI=1S/C21H25ClN2O5/c1-12-17(13(2)23-18(12)21(27)29-5)19(25)14(3)24(10-11-28-4)20(26)15-6-8-16(22)9-7-15/h6-9,14,23H,10-11H2,1-5H3/t14-/m1/s1. The van der Waals surface area contributed by atoms with Gasteiger partial charge in [-0.25, -0.2) is 4.79 Å². The summed E-state index contributed by atoms with van der Waals surface area (Å²) < 4.78 is 9.88. The molecule has 0 aliphatic heterocycles. The van der Waals surface area contributed by atoms with E-state index in [2.05, 4.69) is 4.98 Å². The molecule has 0 aliphatic carbocycles. The van der Waals surface area contributed by atoms with Crippen LogP contribution in [0.25, 0.3) is 0 Å². The summed E-state index contributed by atoms with van der Waals surface area (Å²) in [5.41, 5.74) is 2.07. The maximum absolute atomic E-state index is 13.3. The first-order valence-corrected chi connectivity index (χ1v) is 9.47. The van der Waals surface area contributed by atoms with E-state index in [1.165, 1.54) is 19.1 Å². The minimum atomic E-state index is -0.771. The van der Waals surface area contributed by atoms with Crippen LogP contribution in [0.4, 0.5) is 0 Å². The lowest BCUT2D eigenvalue weighted by Gasteiger charge is -2.28. The summed E-state index contributed by atoms with van der Waals surface area (Å²) in [5.74, 6) is -1.13. The molecular formula is C21H25ClN2O5. The number of halogens is 1. The molecule has 1 heterocycles. The first-order chi connectivity index (χ1) is 13.7. The monoisotopic (exact) mass is 420 g/mol. The number of amides is 1. The van der Waals surface area contributed by atoms with E-state index in [1.807, 2.05) is 0 Å². The zero-order chi connectivity index (χ0) is 21.7. The number of nitrogens with one attached hydrogen (secondary N) is 1. The summed E-state index contributed by atoms with van der Waals surface area (Å²) in [6.07, 6.45) is 0. The van der Waals surface area contributed by atoms with Gasteiger partial charge in [-0.15, -0.1) is 0 Å². The van der Waals surface area contributed by atoms with Crippen LogP contribution >= 0.6 is 11.6 Å². The maximum Gasteiger partial charge on any atom is 0.354 e. The van der Waals surface area contributed by atoms with E-state index in [0.717, 1.165) is 0 Å². The second-order valence-corrected chi connectivity index (χ2v) is 7.09. The number of aromatic nitrogens is 1. The number of nitrogens with zero attached hydrogens (tertiary/aromatic N) is 1. The predicted molar refractivity (Wildman–Crippen MR) is 110 cm³/mol. The second kappa shape index (κ2) is 9.71. The molecular weight excluding hydrogens is 396 g/mol. The summed E-state index contributed by atoms with van der Waals surface area (Å²) in [6, 6.07) is 5.71. The van der Waals surface area contributed by atoms with Crippen molar-refractivity contribution in [2.45, 2.75) is 26.8 Å². The van der Waals surface area contributed by atoms with E-state index in [4.69, 9.17) is 21.1 Å². The van der Waals surface area contributed by atoms with Crippen LogP contribution in [0.15, 0.2) is 24.3 Å². The van der Waals surface area contributed by atoms with Crippen molar-refractivity contribution in [3.8, 4) is 0 Å². The molecule has 2 rings (SSSR count). The number of rotatable bonds is 8. The van der Waals surface area contributed by atoms with Crippen LogP contribution in [0, 0.1) is 13.8 Å². The van der Waals surface area contributed by atoms with Gasteiger partial charge in [-0.05, 0) is 50.6 Å². The Morgan fingerprint density at radius 2 is 1.76 bits per heavy atom. The van der Waals surface area contributed by atoms with Gasteiger partial charge >= 0.3 is 5.97 Å². The number of Topliss-reactive ketones (excluding diaryl/α,β-unsaturated/α-hetero) is 1. The number of carbonyl (C=O) groups excluding carboxylic acids is 3. The SMILES string of the molecule is COCCN(C(=O)c1ccc(Cl)cc1)[C@H](C)C(=O)c1c(C)[nH]c(C(=O)OC)c1C. The van der Waals surface area contributed by atoms with E-state index < -0.39 is 12.0 Å². The summed E-state index contributed by atoms with van der Waals surface area (Å²) in [4.78, 5) is 42.6. The number of esters is 1. The molecule has 7 nitrogen and oxygen atoms in total. The molecule has 0 fully saturated rings. The Morgan fingerprint density at radius 1 is 1.14 bits per heavy atom. The quantitative estimate of drug-likeness (QED) is 0.522. The van der Waals surface area contributed by atoms with Crippen molar-refractivity contribution in [2.24, 2.45) is 0 Å². The third-order valence-electron chi connectivity index (χ3n) is 4.81. The van der Waals surface area contributed by atoms with E-state index in [0.29, 0.717) is 27.4 Å². The molecule has 8 heteroatoms. The van der Waals surface area contributed by atoms with Crippen LogP contribution < -0.4 is 0 Å². The summed E-state index contributed by atoms with van der Waals surface area (Å²) in [7, 11) is 2.81. The van der Waals surface area contributed by atoms with E-state index in [1.54, 1.807) is 45.0 Å². The van der Waals surface area contributed by atoms with Crippen LogP contribution in [0.3, 0.4) is 0 Å². The number of aryl methyl sites for hydroxylation is 1. The highest BCUT2D eigenvalue weighted by Gasteiger charge is 2.31. The summed E-state index contributed by atoms with van der Waals surface area (Å²) in [6.45, 7) is 5.55. The third kappa shape index (κ3) is 4.86. The average Bonchev–Trinajstić information content (AvgIpc) is 3.01. The van der Waals surface area contributed by atoms with Crippen LogP contribution in [0.2, 0.25) is 5.02 Å². The van der Waals surface area contributed by atoms with Gasteiger partial charge in [0.05, 0.1) is 19.8 Å². The topological polar surface area (TPSA) is 88.7 Å². The molecule has 1 aromatic carbocycles. The van der Waals surface area contributed by atoms with Crippen molar-refractivity contribution in [3.63, 3.8) is 0 Å². The first-order valence-electron chi connectivity index (χ1n) is 9.10. The molecule has 1 N–H and O–H groups in total. The van der Waals surface area contributed by atoms with Crippen LogP contribution in [-0.2, 0) is 9.47 Å². The molecule has 0 aliphatic rings. The zero-order valence-corrected chi connectivity index (χ0v) is 17.9. The first kappa shape index (κ1) is 22.6. The molecule has 1 atom stereocenters. The number of ether oxygens (including phenoxy) is 2. The third-order valence-corrected chi connectivity index (χ3v) is 5.06. The smallest absolute Gasteiger partial charge is 0.354 e. The van der Waals surface area contributed by atoms with Crippen LogP contribution in [-0.4, -0.2) is 61.0 Å². The van der Waals surface area contributed by atoms with Crippen molar-refractivity contribution in [3.05, 3.63) is 57.4 Å². The van der Waals surface area contributed by atoms with Gasteiger partial charge in [0.15, 0.2) is 5.78 Å². The number of hydrogen-bond acceptors (Lipinski definition) is 5. The Kier molecular flexibility index (Phi) is 7.59. The van der Waals surface area contributed by atoms with E-state index in [9.17, 15) is 14.4 Å². The lowest BCUT2D eigenvalue weighted by molar-refractivity contribution is 0.0563. The van der Waals surface area contributed by atoms with Crippen LogP contribution in [0.1, 0.15) is 49.4 Å². The Morgan fingerprint density at radius 3 is 2.31 bits per heavy atom. The van der Waals surface area contributed by atoms with Crippen molar-refractivity contribution < 1.29 is 23.9 Å². The Hall–Kier alpha value is -2.64. The number of ketones is 1. The van der Waals surface area contributed by atoms with Gasteiger partial charge in [-0.1, -0.05) is 11.6 Å².